The molecule has 2 amide bonds. The van der Waals surface area contributed by atoms with E-state index in [1.165, 1.54) is 17.0 Å². The highest BCUT2D eigenvalue weighted by Gasteiger charge is 2.30. The third kappa shape index (κ3) is 6.20. The molecule has 0 saturated heterocycles. The van der Waals surface area contributed by atoms with Gasteiger partial charge in [-0.15, -0.1) is 0 Å². The molecule has 3 aromatic rings. The minimum Gasteiger partial charge on any atom is -0.345 e. The van der Waals surface area contributed by atoms with Crippen molar-refractivity contribution in [3.8, 4) is 0 Å². The number of carbonyl (C=O) groups is 2. The van der Waals surface area contributed by atoms with Gasteiger partial charge in [-0.3, -0.25) is 9.59 Å². The molecule has 32 heavy (non-hydrogen) atoms. The summed E-state index contributed by atoms with van der Waals surface area (Å²) in [6.07, 6.45) is -4.39. The van der Waals surface area contributed by atoms with Crippen molar-refractivity contribution in [2.45, 2.75) is 25.2 Å². The molecule has 0 heterocycles. The van der Waals surface area contributed by atoms with E-state index in [-0.39, 0.29) is 24.8 Å². The van der Waals surface area contributed by atoms with E-state index < -0.39 is 17.8 Å². The molecule has 1 atom stereocenters. The van der Waals surface area contributed by atoms with E-state index in [2.05, 4.69) is 5.32 Å². The van der Waals surface area contributed by atoms with Gasteiger partial charge in [-0.25, -0.2) is 0 Å². The molecule has 0 aliphatic carbocycles. The maximum absolute atomic E-state index is 12.9. The lowest BCUT2D eigenvalue weighted by molar-refractivity contribution is -0.137. The molecule has 4 nitrogen and oxygen atoms in total. The first-order valence-corrected chi connectivity index (χ1v) is 10.0. The molecule has 1 N–H and O–H groups in total. The van der Waals surface area contributed by atoms with Crippen molar-refractivity contribution in [1.29, 1.82) is 0 Å². The number of benzene rings is 3. The van der Waals surface area contributed by atoms with Crippen LogP contribution < -0.4 is 5.32 Å². The fraction of sp³-hybridized carbons (Fsp3) is 0.200. The highest BCUT2D eigenvalue weighted by molar-refractivity contribution is 5.94. The average molecular weight is 440 g/mol. The largest absolute Gasteiger partial charge is 0.416 e. The van der Waals surface area contributed by atoms with Crippen LogP contribution in [0.3, 0.4) is 0 Å². The molecule has 7 heteroatoms. The van der Waals surface area contributed by atoms with Crippen LogP contribution in [-0.4, -0.2) is 23.8 Å². The molecule has 0 spiro atoms. The van der Waals surface area contributed by atoms with Gasteiger partial charge in [0, 0.05) is 19.2 Å². The van der Waals surface area contributed by atoms with Gasteiger partial charge in [0.1, 0.15) is 0 Å². The summed E-state index contributed by atoms with van der Waals surface area (Å²) in [5, 5.41) is 2.91. The van der Waals surface area contributed by atoms with E-state index in [9.17, 15) is 22.8 Å². The van der Waals surface area contributed by atoms with Gasteiger partial charge in [0.25, 0.3) is 5.91 Å². The second-order valence-electron chi connectivity index (χ2n) is 7.45. The van der Waals surface area contributed by atoms with Gasteiger partial charge >= 0.3 is 6.18 Å². The Bertz CT molecular complexity index is 1040. The van der Waals surface area contributed by atoms with Crippen molar-refractivity contribution < 1.29 is 22.8 Å². The quantitative estimate of drug-likeness (QED) is 0.547. The first-order chi connectivity index (χ1) is 15.2. The van der Waals surface area contributed by atoms with Gasteiger partial charge < -0.3 is 10.2 Å². The summed E-state index contributed by atoms with van der Waals surface area (Å²) in [5.74, 6) is -0.537. The Morgan fingerprint density at radius 1 is 0.875 bits per heavy atom. The first kappa shape index (κ1) is 23.1. The number of alkyl halides is 3. The Balaban J connectivity index is 1.69. The van der Waals surface area contributed by atoms with Gasteiger partial charge in [0.05, 0.1) is 18.0 Å². The number of hydrogen-bond acceptors (Lipinski definition) is 2. The monoisotopic (exact) mass is 440 g/mol. The van der Waals surface area contributed by atoms with E-state index in [4.69, 9.17) is 0 Å². The summed E-state index contributed by atoms with van der Waals surface area (Å²) < 4.78 is 38.2. The molecular formula is C25H23F3N2O2. The summed E-state index contributed by atoms with van der Waals surface area (Å²) in [7, 11) is 1.58. The number of nitrogens with zero attached hydrogens (tertiary/aromatic N) is 1. The number of carbonyl (C=O) groups excluding carboxylic acids is 2. The van der Waals surface area contributed by atoms with Crippen LogP contribution in [0.5, 0.6) is 0 Å². The number of rotatable bonds is 7. The van der Waals surface area contributed by atoms with Gasteiger partial charge in [-0.2, -0.15) is 13.2 Å². The van der Waals surface area contributed by atoms with Gasteiger partial charge in [0.15, 0.2) is 0 Å². The lowest BCUT2D eigenvalue weighted by Crippen LogP contribution is -2.34. The third-order valence-corrected chi connectivity index (χ3v) is 5.05. The summed E-state index contributed by atoms with van der Waals surface area (Å²) in [5.41, 5.74) is 1.12. The summed E-state index contributed by atoms with van der Waals surface area (Å²) in [4.78, 5) is 27.0. The van der Waals surface area contributed by atoms with E-state index in [0.717, 1.165) is 17.7 Å². The number of nitrogens with one attached hydrogen (secondary N) is 1. The molecule has 0 bridgehead atoms. The predicted octanol–water partition coefficient (Wildman–Crippen LogP) is 5.23. The van der Waals surface area contributed by atoms with Crippen LogP contribution in [0, 0.1) is 0 Å². The Morgan fingerprint density at radius 2 is 1.44 bits per heavy atom. The molecule has 0 fully saturated rings. The van der Waals surface area contributed by atoms with Crippen molar-refractivity contribution in [1.82, 2.24) is 10.2 Å². The molecule has 1 unspecified atom stereocenters. The summed E-state index contributed by atoms with van der Waals surface area (Å²) >= 11 is 0. The Morgan fingerprint density at radius 3 is 2.00 bits per heavy atom. The molecule has 166 valence electrons. The van der Waals surface area contributed by atoms with Crippen LogP contribution in [0.25, 0.3) is 0 Å². The van der Waals surface area contributed by atoms with Crippen molar-refractivity contribution in [2.75, 3.05) is 7.05 Å². The molecule has 3 rings (SSSR count). The zero-order chi connectivity index (χ0) is 23.1. The van der Waals surface area contributed by atoms with Crippen LogP contribution in [0.15, 0.2) is 84.9 Å². The van der Waals surface area contributed by atoms with E-state index in [1.54, 1.807) is 31.3 Å². The topological polar surface area (TPSA) is 49.4 Å². The Labute approximate surface area is 184 Å². The van der Waals surface area contributed by atoms with Crippen LogP contribution in [0.2, 0.25) is 0 Å². The maximum Gasteiger partial charge on any atom is 0.416 e. The second-order valence-corrected chi connectivity index (χ2v) is 7.45. The van der Waals surface area contributed by atoms with Crippen molar-refractivity contribution in [3.63, 3.8) is 0 Å². The third-order valence-electron chi connectivity index (χ3n) is 5.05. The number of hydrogen-bond donors (Lipinski definition) is 1. The average Bonchev–Trinajstić information content (AvgIpc) is 2.79. The Hall–Kier alpha value is -3.61. The zero-order valence-corrected chi connectivity index (χ0v) is 17.5. The van der Waals surface area contributed by atoms with Crippen LogP contribution in [0.1, 0.15) is 39.5 Å². The van der Waals surface area contributed by atoms with Crippen LogP contribution >= 0.6 is 0 Å². The normalized spacial score (nSPS) is 12.1. The van der Waals surface area contributed by atoms with Gasteiger partial charge in [-0.05, 0) is 35.4 Å². The second kappa shape index (κ2) is 10.1. The first-order valence-electron chi connectivity index (χ1n) is 10.0. The van der Waals surface area contributed by atoms with Gasteiger partial charge in [-0.1, -0.05) is 60.7 Å². The highest BCUT2D eigenvalue weighted by atomic mass is 19.4. The fourth-order valence-electron chi connectivity index (χ4n) is 3.26. The van der Waals surface area contributed by atoms with Crippen molar-refractivity contribution in [2.24, 2.45) is 0 Å². The fourth-order valence-corrected chi connectivity index (χ4v) is 3.26. The van der Waals surface area contributed by atoms with Crippen molar-refractivity contribution in [3.05, 3.63) is 107 Å². The smallest absolute Gasteiger partial charge is 0.345 e. The molecule has 0 aliphatic rings. The van der Waals surface area contributed by atoms with Gasteiger partial charge in [0.2, 0.25) is 5.91 Å². The lowest BCUT2D eigenvalue weighted by atomic mass is 10.0. The number of amides is 2. The minimum absolute atomic E-state index is 0.0136. The molecule has 3 aromatic carbocycles. The maximum atomic E-state index is 12.9. The summed E-state index contributed by atoms with van der Waals surface area (Å²) in [6, 6.07) is 22.0. The lowest BCUT2D eigenvalue weighted by Gasteiger charge is -2.23. The highest BCUT2D eigenvalue weighted by Crippen LogP contribution is 2.29. The van der Waals surface area contributed by atoms with Crippen LogP contribution in [0.4, 0.5) is 13.2 Å². The van der Waals surface area contributed by atoms with E-state index >= 15 is 0 Å². The molecular weight excluding hydrogens is 417 g/mol. The van der Waals surface area contributed by atoms with E-state index in [1.807, 2.05) is 36.4 Å². The van der Waals surface area contributed by atoms with Crippen molar-refractivity contribution >= 4 is 11.8 Å². The van der Waals surface area contributed by atoms with E-state index in [0.29, 0.717) is 11.1 Å². The SMILES string of the molecule is CN(Cc1ccc(C(F)(F)F)cc1)C(=O)CC(NC(=O)c1ccccc1)c1ccccc1. The predicted molar refractivity (Wildman–Crippen MR) is 116 cm³/mol. The standard InChI is InChI=1S/C25H23F3N2O2/c1-30(17-18-12-14-21(15-13-18)25(26,27)28)23(31)16-22(19-8-4-2-5-9-19)29-24(32)20-10-6-3-7-11-20/h2-15,22H,16-17H2,1H3,(H,29,32). The minimum atomic E-state index is -4.40. The summed E-state index contributed by atoms with van der Waals surface area (Å²) in [6.45, 7) is 0.158. The molecule has 0 aromatic heterocycles. The number of halogens is 3. The molecule has 0 aliphatic heterocycles. The molecule has 0 radical (unpaired) electrons. The zero-order valence-electron chi connectivity index (χ0n) is 17.5. The van der Waals surface area contributed by atoms with Crippen LogP contribution in [-0.2, 0) is 17.5 Å². The Kier molecular flexibility index (Phi) is 7.30. The molecule has 0 saturated carbocycles.